The van der Waals surface area contributed by atoms with Gasteiger partial charge in [0.25, 0.3) is 0 Å². The second kappa shape index (κ2) is 12.5. The topological polar surface area (TPSA) is 90.0 Å². The van der Waals surface area contributed by atoms with Crippen LogP contribution in [0.1, 0.15) is 25.8 Å². The van der Waals surface area contributed by atoms with E-state index in [0.717, 1.165) is 10.4 Å². The molecule has 35 heavy (non-hydrogen) atoms. The maximum absolute atomic E-state index is 14.6. The Morgan fingerprint density at radius 1 is 1.09 bits per heavy atom. The minimum atomic E-state index is -4.26. The summed E-state index contributed by atoms with van der Waals surface area (Å²) in [5, 5.41) is 3.38. The van der Waals surface area contributed by atoms with Crippen LogP contribution in [-0.4, -0.2) is 62.7 Å². The monoisotopic (exact) mass is 546 g/mol. The summed E-state index contributed by atoms with van der Waals surface area (Å²) in [4.78, 5) is 27.7. The molecule has 8 nitrogen and oxygen atoms in total. The lowest BCUT2D eigenvalue weighted by atomic mass is 10.1. The number of nitrogens with zero attached hydrogens (tertiary/aromatic N) is 3. The van der Waals surface area contributed by atoms with E-state index in [1.165, 1.54) is 43.3 Å². The molecule has 12 heteroatoms. The predicted octanol–water partition coefficient (Wildman–Crippen LogP) is 3.69. The smallest absolute Gasteiger partial charge is 0.304 e. The average molecular weight is 547 g/mol. The van der Waals surface area contributed by atoms with Gasteiger partial charge in [-0.2, -0.15) is 12.7 Å². The molecule has 2 amide bonds. The van der Waals surface area contributed by atoms with Crippen LogP contribution in [-0.2, 0) is 26.3 Å². The van der Waals surface area contributed by atoms with Gasteiger partial charge in [-0.3, -0.25) is 9.59 Å². The van der Waals surface area contributed by atoms with Crippen LogP contribution in [0.5, 0.6) is 0 Å². The van der Waals surface area contributed by atoms with Crippen LogP contribution in [0.3, 0.4) is 0 Å². The van der Waals surface area contributed by atoms with E-state index in [1.54, 1.807) is 26.0 Å². The van der Waals surface area contributed by atoms with E-state index >= 15 is 0 Å². The van der Waals surface area contributed by atoms with Crippen LogP contribution in [0.25, 0.3) is 0 Å². The van der Waals surface area contributed by atoms with Gasteiger partial charge in [0.15, 0.2) is 0 Å². The number of amides is 2. The van der Waals surface area contributed by atoms with Crippen molar-refractivity contribution in [1.29, 1.82) is 0 Å². The Morgan fingerprint density at radius 3 is 2.29 bits per heavy atom. The van der Waals surface area contributed by atoms with E-state index in [9.17, 15) is 22.4 Å². The van der Waals surface area contributed by atoms with Gasteiger partial charge in [-0.05, 0) is 43.2 Å². The molecule has 0 saturated carbocycles. The first-order valence-electron chi connectivity index (χ1n) is 10.9. The normalized spacial score (nSPS) is 12.3. The van der Waals surface area contributed by atoms with Crippen LogP contribution in [0.15, 0.2) is 42.5 Å². The molecule has 192 valence electrons. The summed E-state index contributed by atoms with van der Waals surface area (Å²) in [6.45, 7) is 3.00. The van der Waals surface area contributed by atoms with Gasteiger partial charge >= 0.3 is 10.2 Å². The molecule has 0 saturated heterocycles. The zero-order valence-electron chi connectivity index (χ0n) is 20.0. The summed E-state index contributed by atoms with van der Waals surface area (Å²) in [7, 11) is -1.70. The van der Waals surface area contributed by atoms with Gasteiger partial charge in [-0.25, -0.2) is 8.70 Å². The summed E-state index contributed by atoms with van der Waals surface area (Å²) in [6.07, 6.45) is 0.253. The van der Waals surface area contributed by atoms with Crippen molar-refractivity contribution in [3.05, 3.63) is 63.9 Å². The Balaban J connectivity index is 2.55. The standard InChI is InChI=1S/C23H29Cl2FN4O4S/c1-5-20(23(32)27-6-2)29(14-16-11-12-17(24)13-18(16)25)22(31)15-30(35(33,34)28(3)4)21-10-8-7-9-19(21)26/h7-13,20H,5-6,14-15H2,1-4H3,(H,27,32). The van der Waals surface area contributed by atoms with Crippen molar-refractivity contribution in [3.63, 3.8) is 0 Å². The molecule has 0 radical (unpaired) electrons. The van der Waals surface area contributed by atoms with E-state index in [0.29, 0.717) is 21.4 Å². The fourth-order valence-electron chi connectivity index (χ4n) is 3.40. The van der Waals surface area contributed by atoms with Crippen LogP contribution in [0.4, 0.5) is 10.1 Å². The molecule has 2 rings (SSSR count). The summed E-state index contributed by atoms with van der Waals surface area (Å²) < 4.78 is 42.3. The number of rotatable bonds is 11. The zero-order valence-corrected chi connectivity index (χ0v) is 22.3. The van der Waals surface area contributed by atoms with Crippen molar-refractivity contribution in [2.45, 2.75) is 32.9 Å². The minimum absolute atomic E-state index is 0.0857. The summed E-state index contributed by atoms with van der Waals surface area (Å²) in [5.74, 6) is -1.92. The number of halogens is 3. The van der Waals surface area contributed by atoms with Crippen molar-refractivity contribution in [2.24, 2.45) is 0 Å². The lowest BCUT2D eigenvalue weighted by Crippen LogP contribution is -2.53. The average Bonchev–Trinajstić information content (AvgIpc) is 2.79. The Bertz CT molecular complexity index is 1160. The van der Waals surface area contributed by atoms with Crippen molar-refractivity contribution >= 4 is 50.9 Å². The lowest BCUT2D eigenvalue weighted by molar-refractivity contribution is -0.140. The number of anilines is 1. The first-order valence-corrected chi connectivity index (χ1v) is 13.0. The molecule has 0 fully saturated rings. The predicted molar refractivity (Wildman–Crippen MR) is 136 cm³/mol. The maximum Gasteiger partial charge on any atom is 0.304 e. The molecule has 0 spiro atoms. The van der Waals surface area contributed by atoms with Crippen molar-refractivity contribution < 1.29 is 22.4 Å². The SMILES string of the molecule is CCNC(=O)C(CC)N(Cc1ccc(Cl)cc1Cl)C(=O)CN(c1ccccc1F)S(=O)(=O)N(C)C. The zero-order chi connectivity index (χ0) is 26.3. The molecule has 2 aromatic carbocycles. The number of para-hydroxylation sites is 1. The largest absolute Gasteiger partial charge is 0.355 e. The van der Waals surface area contributed by atoms with Crippen LogP contribution in [0.2, 0.25) is 10.0 Å². The van der Waals surface area contributed by atoms with E-state index in [1.807, 2.05) is 0 Å². The van der Waals surface area contributed by atoms with Gasteiger partial charge in [0.1, 0.15) is 18.4 Å². The van der Waals surface area contributed by atoms with Gasteiger partial charge in [0.05, 0.1) is 5.69 Å². The highest BCUT2D eigenvalue weighted by Crippen LogP contribution is 2.26. The third-order valence-corrected chi connectivity index (χ3v) is 7.63. The molecular weight excluding hydrogens is 518 g/mol. The molecule has 1 unspecified atom stereocenters. The van der Waals surface area contributed by atoms with Gasteiger partial charge in [-0.15, -0.1) is 0 Å². The maximum atomic E-state index is 14.6. The molecule has 0 aliphatic heterocycles. The molecule has 0 aromatic heterocycles. The fraction of sp³-hybridized carbons (Fsp3) is 0.391. The van der Waals surface area contributed by atoms with Gasteiger partial charge in [0, 0.05) is 37.2 Å². The number of hydrogen-bond donors (Lipinski definition) is 1. The van der Waals surface area contributed by atoms with Gasteiger partial charge < -0.3 is 10.2 Å². The van der Waals surface area contributed by atoms with E-state index in [2.05, 4.69) is 5.32 Å². The Kier molecular flexibility index (Phi) is 10.3. The van der Waals surface area contributed by atoms with Gasteiger partial charge in [-0.1, -0.05) is 48.3 Å². The number of carbonyl (C=O) groups is 2. The summed E-state index contributed by atoms with van der Waals surface area (Å²) in [6, 6.07) is 9.07. The van der Waals surface area contributed by atoms with Gasteiger partial charge in [0.2, 0.25) is 11.8 Å². The molecule has 1 N–H and O–H groups in total. The van der Waals surface area contributed by atoms with E-state index < -0.39 is 40.4 Å². The summed E-state index contributed by atoms with van der Waals surface area (Å²) in [5.41, 5.74) is 0.227. The summed E-state index contributed by atoms with van der Waals surface area (Å²) >= 11 is 12.3. The molecule has 1 atom stereocenters. The lowest BCUT2D eigenvalue weighted by Gasteiger charge is -2.34. The highest BCUT2D eigenvalue weighted by atomic mass is 35.5. The van der Waals surface area contributed by atoms with Crippen LogP contribution < -0.4 is 9.62 Å². The number of likely N-dealkylation sites (N-methyl/N-ethyl adjacent to an activating group) is 1. The van der Waals surface area contributed by atoms with Crippen molar-refractivity contribution in [2.75, 3.05) is 31.5 Å². The van der Waals surface area contributed by atoms with E-state index in [-0.39, 0.29) is 23.7 Å². The molecule has 0 aliphatic rings. The molecule has 2 aromatic rings. The number of nitrogens with one attached hydrogen (secondary N) is 1. The molecule has 0 aliphatic carbocycles. The van der Waals surface area contributed by atoms with Crippen LogP contribution in [0, 0.1) is 5.82 Å². The van der Waals surface area contributed by atoms with Crippen molar-refractivity contribution in [3.8, 4) is 0 Å². The van der Waals surface area contributed by atoms with E-state index in [4.69, 9.17) is 23.2 Å². The minimum Gasteiger partial charge on any atom is -0.355 e. The molecule has 0 heterocycles. The van der Waals surface area contributed by atoms with Crippen LogP contribution >= 0.6 is 23.2 Å². The first-order chi connectivity index (χ1) is 16.4. The highest BCUT2D eigenvalue weighted by Gasteiger charge is 2.34. The number of carbonyl (C=O) groups excluding carboxylic acids is 2. The third-order valence-electron chi connectivity index (χ3n) is 5.23. The molecule has 0 bridgehead atoms. The second-order valence-corrected chi connectivity index (χ2v) is 10.7. The van der Waals surface area contributed by atoms with Crippen molar-refractivity contribution in [1.82, 2.24) is 14.5 Å². The molecular formula is C23H29Cl2FN4O4S. The quantitative estimate of drug-likeness (QED) is 0.465. The highest BCUT2D eigenvalue weighted by molar-refractivity contribution is 7.90. The number of benzene rings is 2. The Hall–Kier alpha value is -2.40. The first kappa shape index (κ1) is 28.8. The Labute approximate surface area is 215 Å². The second-order valence-electron chi connectivity index (χ2n) is 7.82. The fourth-order valence-corrected chi connectivity index (χ4v) is 4.93. The number of hydrogen-bond acceptors (Lipinski definition) is 4. The third kappa shape index (κ3) is 7.07. The Morgan fingerprint density at radius 2 is 1.74 bits per heavy atom.